The number of rotatable bonds is 6. The van der Waals surface area contributed by atoms with Crippen molar-refractivity contribution in [2.45, 2.75) is 46.1 Å². The summed E-state index contributed by atoms with van der Waals surface area (Å²) in [7, 11) is 1.61. The van der Waals surface area contributed by atoms with Crippen molar-refractivity contribution in [3.8, 4) is 5.75 Å². The number of piperidine rings is 1. The Morgan fingerprint density at radius 3 is 2.46 bits per heavy atom. The molecule has 2 aromatic carbocycles. The average molecular weight is 527 g/mol. The highest BCUT2D eigenvalue weighted by Gasteiger charge is 2.28. The number of hydrogen-bond donors (Lipinski definition) is 3. The van der Waals surface area contributed by atoms with Crippen LogP contribution in [0.4, 0.5) is 5.69 Å². The minimum absolute atomic E-state index is 0.0341. The number of ether oxygens (including phenoxy) is 1. The Kier molecular flexibility index (Phi) is 7.28. The van der Waals surface area contributed by atoms with Gasteiger partial charge in [0, 0.05) is 41.3 Å². The first-order valence-electron chi connectivity index (χ1n) is 13.4. The molecule has 1 aromatic heterocycles. The molecule has 3 amide bonds. The van der Waals surface area contributed by atoms with Gasteiger partial charge in [-0.15, -0.1) is 0 Å². The number of benzene rings is 2. The summed E-state index contributed by atoms with van der Waals surface area (Å²) in [5, 5.41) is 5.91. The van der Waals surface area contributed by atoms with Gasteiger partial charge in [-0.1, -0.05) is 12.1 Å². The molecule has 2 aliphatic heterocycles. The number of anilines is 1. The minimum Gasteiger partial charge on any atom is -0.497 e. The number of carbonyl (C=O) groups excluding carboxylic acids is 3. The lowest BCUT2D eigenvalue weighted by Crippen LogP contribution is -2.36. The van der Waals surface area contributed by atoms with E-state index in [4.69, 9.17) is 4.74 Å². The molecular weight excluding hydrogens is 492 g/mol. The fourth-order valence-corrected chi connectivity index (χ4v) is 5.37. The molecule has 1 fully saturated rings. The molecule has 39 heavy (non-hydrogen) atoms. The molecule has 3 heterocycles. The molecule has 8 nitrogen and oxygen atoms in total. The molecule has 202 valence electrons. The second kappa shape index (κ2) is 10.8. The van der Waals surface area contributed by atoms with Crippen molar-refractivity contribution in [3.63, 3.8) is 0 Å². The number of H-pyrrole nitrogens is 1. The third-order valence-corrected chi connectivity index (χ3v) is 7.65. The number of methoxy groups -OCH3 is 1. The predicted octanol–water partition coefficient (Wildman–Crippen LogP) is 5.25. The molecule has 8 heteroatoms. The number of fused-ring (bicyclic) bond motifs is 1. The molecule has 0 aliphatic carbocycles. The molecule has 1 unspecified atom stereocenters. The van der Waals surface area contributed by atoms with E-state index in [1.165, 1.54) is 0 Å². The van der Waals surface area contributed by atoms with Gasteiger partial charge < -0.3 is 25.3 Å². The van der Waals surface area contributed by atoms with Crippen LogP contribution in [0.25, 0.3) is 11.6 Å². The SMILES string of the molecule is COc1ccc(C(C)NC(=O)c2ccc3c(c2)C(=Cc2[nH]c(C)c(C(=O)N4CCCCC4)c2C)C(=O)N3)cc1. The normalized spacial score (nSPS) is 16.6. The van der Waals surface area contributed by atoms with Gasteiger partial charge in [0.1, 0.15) is 5.75 Å². The lowest BCUT2D eigenvalue weighted by atomic mass is 10.0. The summed E-state index contributed by atoms with van der Waals surface area (Å²) in [5.74, 6) is 0.306. The average Bonchev–Trinajstić information content (AvgIpc) is 3.42. The van der Waals surface area contributed by atoms with Crippen molar-refractivity contribution in [1.82, 2.24) is 15.2 Å². The molecule has 5 rings (SSSR count). The maximum Gasteiger partial charge on any atom is 0.256 e. The highest BCUT2D eigenvalue weighted by molar-refractivity contribution is 6.35. The van der Waals surface area contributed by atoms with E-state index in [0.717, 1.165) is 54.9 Å². The smallest absolute Gasteiger partial charge is 0.256 e. The molecule has 3 aromatic rings. The molecule has 0 bridgehead atoms. The van der Waals surface area contributed by atoms with Gasteiger partial charge >= 0.3 is 0 Å². The van der Waals surface area contributed by atoms with Crippen molar-refractivity contribution >= 4 is 35.1 Å². The first-order chi connectivity index (χ1) is 18.8. The van der Waals surface area contributed by atoms with Gasteiger partial charge in [-0.3, -0.25) is 14.4 Å². The van der Waals surface area contributed by atoms with Crippen molar-refractivity contribution in [2.75, 3.05) is 25.5 Å². The maximum atomic E-state index is 13.3. The monoisotopic (exact) mass is 526 g/mol. The summed E-state index contributed by atoms with van der Waals surface area (Å²) in [5.41, 5.74) is 6.15. The van der Waals surface area contributed by atoms with Gasteiger partial charge in [0.15, 0.2) is 0 Å². The standard InChI is InChI=1S/C31H34N4O4/c1-18-27(32-20(3)28(18)31(38)35-14-6-5-7-15-35)17-25-24-16-22(10-13-26(24)34-30(25)37)29(36)33-19(2)21-8-11-23(39-4)12-9-21/h8-13,16-17,19,32H,5-7,14-15H2,1-4H3,(H,33,36)(H,34,37). The van der Waals surface area contributed by atoms with Gasteiger partial charge in [0.05, 0.1) is 24.3 Å². The van der Waals surface area contributed by atoms with Crippen LogP contribution < -0.4 is 15.4 Å². The van der Waals surface area contributed by atoms with Gasteiger partial charge in [-0.2, -0.15) is 0 Å². The second-order valence-electron chi connectivity index (χ2n) is 10.3. The van der Waals surface area contributed by atoms with E-state index >= 15 is 0 Å². The minimum atomic E-state index is -0.246. The lowest BCUT2D eigenvalue weighted by molar-refractivity contribution is -0.110. The molecule has 3 N–H and O–H groups in total. The Hall–Kier alpha value is -4.33. The van der Waals surface area contributed by atoms with E-state index in [2.05, 4.69) is 15.6 Å². The number of aryl methyl sites for hydroxylation is 1. The lowest BCUT2D eigenvalue weighted by Gasteiger charge is -2.27. The number of hydrogen-bond acceptors (Lipinski definition) is 4. The van der Waals surface area contributed by atoms with Crippen LogP contribution in [-0.2, 0) is 4.79 Å². The molecule has 0 radical (unpaired) electrons. The molecule has 1 saturated heterocycles. The van der Waals surface area contributed by atoms with Crippen LogP contribution in [0.15, 0.2) is 42.5 Å². The van der Waals surface area contributed by atoms with Crippen LogP contribution in [0.3, 0.4) is 0 Å². The molecule has 2 aliphatic rings. The largest absolute Gasteiger partial charge is 0.497 e. The Balaban J connectivity index is 1.40. The highest BCUT2D eigenvalue weighted by Crippen LogP contribution is 2.35. The fraction of sp³-hybridized carbons (Fsp3) is 0.323. The second-order valence-corrected chi connectivity index (χ2v) is 10.3. The van der Waals surface area contributed by atoms with Gasteiger partial charge in [-0.05, 0) is 87.6 Å². The summed E-state index contributed by atoms with van der Waals surface area (Å²) in [6.45, 7) is 7.27. The summed E-state index contributed by atoms with van der Waals surface area (Å²) >= 11 is 0. The van der Waals surface area contributed by atoms with Gasteiger partial charge in [-0.25, -0.2) is 0 Å². The zero-order chi connectivity index (χ0) is 27.7. The van der Waals surface area contributed by atoms with E-state index in [1.807, 2.05) is 49.9 Å². The van der Waals surface area contributed by atoms with Crippen LogP contribution in [0.2, 0.25) is 0 Å². The van der Waals surface area contributed by atoms with Gasteiger partial charge in [0.25, 0.3) is 17.7 Å². The van der Waals surface area contributed by atoms with Crippen LogP contribution in [0.1, 0.15) is 81.0 Å². The van der Waals surface area contributed by atoms with Crippen LogP contribution in [0, 0.1) is 13.8 Å². The maximum absolute atomic E-state index is 13.3. The quantitative estimate of drug-likeness (QED) is 0.382. The summed E-state index contributed by atoms with van der Waals surface area (Å²) in [4.78, 5) is 44.5. The number of likely N-dealkylation sites (tertiary alicyclic amines) is 1. The Morgan fingerprint density at radius 2 is 1.77 bits per heavy atom. The molecule has 1 atom stereocenters. The first kappa shape index (κ1) is 26.3. The summed E-state index contributed by atoms with van der Waals surface area (Å²) < 4.78 is 5.21. The Bertz CT molecular complexity index is 1460. The predicted molar refractivity (Wildman–Crippen MR) is 152 cm³/mol. The number of nitrogens with one attached hydrogen (secondary N) is 3. The van der Waals surface area contributed by atoms with Crippen molar-refractivity contribution in [1.29, 1.82) is 0 Å². The number of nitrogens with zero attached hydrogens (tertiary/aromatic N) is 1. The van der Waals surface area contributed by atoms with Crippen LogP contribution >= 0.6 is 0 Å². The zero-order valence-electron chi connectivity index (χ0n) is 22.8. The third-order valence-electron chi connectivity index (χ3n) is 7.65. The van der Waals surface area contributed by atoms with Crippen LogP contribution in [-0.4, -0.2) is 47.8 Å². The number of amides is 3. The van der Waals surface area contributed by atoms with E-state index in [0.29, 0.717) is 33.6 Å². The number of aromatic nitrogens is 1. The van der Waals surface area contributed by atoms with Crippen molar-refractivity contribution in [2.24, 2.45) is 0 Å². The van der Waals surface area contributed by atoms with Crippen LogP contribution in [0.5, 0.6) is 5.75 Å². The first-order valence-corrected chi connectivity index (χ1v) is 13.4. The molecule has 0 spiro atoms. The topological polar surface area (TPSA) is 104 Å². The van der Waals surface area contributed by atoms with E-state index < -0.39 is 0 Å². The molecular formula is C31H34N4O4. The van der Waals surface area contributed by atoms with Crippen molar-refractivity contribution in [3.05, 3.63) is 81.7 Å². The highest BCUT2D eigenvalue weighted by atomic mass is 16.5. The fourth-order valence-electron chi connectivity index (χ4n) is 5.37. The number of aromatic amines is 1. The molecule has 0 saturated carbocycles. The summed E-state index contributed by atoms with van der Waals surface area (Å²) in [6.07, 6.45) is 4.98. The number of carbonyl (C=O) groups is 3. The van der Waals surface area contributed by atoms with E-state index in [9.17, 15) is 14.4 Å². The van der Waals surface area contributed by atoms with E-state index in [1.54, 1.807) is 31.4 Å². The van der Waals surface area contributed by atoms with Gasteiger partial charge in [0.2, 0.25) is 0 Å². The van der Waals surface area contributed by atoms with E-state index in [-0.39, 0.29) is 23.8 Å². The Morgan fingerprint density at radius 1 is 1.05 bits per heavy atom. The summed E-state index contributed by atoms with van der Waals surface area (Å²) in [6, 6.07) is 12.5. The zero-order valence-corrected chi connectivity index (χ0v) is 22.8. The third kappa shape index (κ3) is 5.19. The Labute approximate surface area is 228 Å². The van der Waals surface area contributed by atoms with Crippen molar-refractivity contribution < 1.29 is 19.1 Å².